The smallest absolute Gasteiger partial charge is 0.257 e. The third-order valence-corrected chi connectivity index (χ3v) is 6.77. The maximum atomic E-state index is 13.3. The van der Waals surface area contributed by atoms with Crippen molar-refractivity contribution in [1.29, 1.82) is 0 Å². The first-order valence-corrected chi connectivity index (χ1v) is 11.6. The highest BCUT2D eigenvalue weighted by molar-refractivity contribution is 6.00. The Balaban J connectivity index is 1.47. The van der Waals surface area contributed by atoms with Crippen molar-refractivity contribution < 1.29 is 28.6 Å². The lowest BCUT2D eigenvalue weighted by Crippen LogP contribution is -2.53. The normalized spacial score (nSPS) is 25.7. The van der Waals surface area contributed by atoms with Gasteiger partial charge >= 0.3 is 0 Å². The number of ether oxygens (including phenoxy) is 3. The van der Waals surface area contributed by atoms with E-state index >= 15 is 0 Å². The molecule has 4 rings (SSSR count). The Labute approximate surface area is 194 Å². The first kappa shape index (κ1) is 23.5. The SMILES string of the molecule is CN(C)C(=O)C[C@@H]1CC[C@H]2[C@@H](COc3ccc(NC(=O)C4CCOCC4)cc3C(=O)N2C)O1. The molecule has 0 radical (unpaired) electrons. The molecule has 3 amide bonds. The third-order valence-electron chi connectivity index (χ3n) is 6.77. The first-order valence-electron chi connectivity index (χ1n) is 11.6. The predicted octanol–water partition coefficient (Wildman–Crippen LogP) is 1.91. The van der Waals surface area contributed by atoms with Gasteiger partial charge in [-0.05, 0) is 43.9 Å². The average molecular weight is 460 g/mol. The summed E-state index contributed by atoms with van der Waals surface area (Å²) >= 11 is 0. The number of carbonyl (C=O) groups is 3. The van der Waals surface area contributed by atoms with Crippen LogP contribution in [0.4, 0.5) is 5.69 Å². The molecule has 2 saturated heterocycles. The Bertz CT molecular complexity index is 898. The van der Waals surface area contributed by atoms with Gasteiger partial charge in [0.1, 0.15) is 18.5 Å². The van der Waals surface area contributed by atoms with Crippen molar-refractivity contribution >= 4 is 23.4 Å². The summed E-state index contributed by atoms with van der Waals surface area (Å²) in [5.41, 5.74) is 1.00. The van der Waals surface area contributed by atoms with Gasteiger partial charge in [-0.15, -0.1) is 0 Å². The molecule has 0 aromatic heterocycles. The van der Waals surface area contributed by atoms with Crippen LogP contribution in [-0.2, 0) is 19.1 Å². The highest BCUT2D eigenvalue weighted by Crippen LogP contribution is 2.33. The maximum absolute atomic E-state index is 13.3. The Morgan fingerprint density at radius 3 is 2.64 bits per heavy atom. The molecule has 3 aliphatic heterocycles. The molecule has 33 heavy (non-hydrogen) atoms. The van der Waals surface area contributed by atoms with Gasteiger partial charge in [0, 0.05) is 46.0 Å². The van der Waals surface area contributed by atoms with E-state index in [-0.39, 0.29) is 48.5 Å². The Hall–Kier alpha value is -2.65. The van der Waals surface area contributed by atoms with Crippen molar-refractivity contribution in [3.8, 4) is 5.75 Å². The number of anilines is 1. The van der Waals surface area contributed by atoms with E-state index in [2.05, 4.69) is 5.32 Å². The van der Waals surface area contributed by atoms with E-state index in [4.69, 9.17) is 14.2 Å². The van der Waals surface area contributed by atoms with Gasteiger partial charge in [0.05, 0.1) is 24.1 Å². The molecule has 3 heterocycles. The summed E-state index contributed by atoms with van der Waals surface area (Å²) in [4.78, 5) is 41.3. The molecular weight excluding hydrogens is 426 g/mol. The molecule has 3 atom stereocenters. The minimum atomic E-state index is -0.311. The van der Waals surface area contributed by atoms with Crippen molar-refractivity contribution in [2.24, 2.45) is 5.92 Å². The fraction of sp³-hybridized carbons (Fsp3) is 0.625. The quantitative estimate of drug-likeness (QED) is 0.739. The number of hydrogen-bond acceptors (Lipinski definition) is 6. The second-order valence-corrected chi connectivity index (χ2v) is 9.25. The molecule has 1 N–H and O–H groups in total. The molecule has 9 nitrogen and oxygen atoms in total. The number of likely N-dealkylation sites (N-methyl/N-ethyl adjacent to an activating group) is 1. The number of fused-ring (bicyclic) bond motifs is 2. The van der Waals surface area contributed by atoms with Crippen LogP contribution < -0.4 is 10.1 Å². The third kappa shape index (κ3) is 5.30. The number of hydrogen-bond donors (Lipinski definition) is 1. The summed E-state index contributed by atoms with van der Waals surface area (Å²) in [6, 6.07) is 5.02. The maximum Gasteiger partial charge on any atom is 0.257 e. The van der Waals surface area contributed by atoms with Crippen molar-refractivity contribution in [2.75, 3.05) is 46.3 Å². The molecule has 180 valence electrons. The van der Waals surface area contributed by atoms with Gasteiger partial charge in [-0.3, -0.25) is 14.4 Å². The van der Waals surface area contributed by atoms with Crippen LogP contribution in [-0.4, -0.2) is 86.7 Å². The molecular formula is C24H33N3O6. The summed E-state index contributed by atoms with van der Waals surface area (Å²) in [6.45, 7) is 1.47. The molecule has 3 aliphatic rings. The molecule has 0 saturated carbocycles. The van der Waals surface area contributed by atoms with Crippen LogP contribution in [0.5, 0.6) is 5.75 Å². The Morgan fingerprint density at radius 2 is 1.91 bits per heavy atom. The van der Waals surface area contributed by atoms with Gasteiger partial charge < -0.3 is 29.3 Å². The van der Waals surface area contributed by atoms with Crippen LogP contribution in [0.25, 0.3) is 0 Å². The lowest BCUT2D eigenvalue weighted by molar-refractivity contribution is -0.140. The predicted molar refractivity (Wildman–Crippen MR) is 121 cm³/mol. The molecule has 0 bridgehead atoms. The number of benzene rings is 1. The number of nitrogens with one attached hydrogen (secondary N) is 1. The summed E-state index contributed by atoms with van der Waals surface area (Å²) in [7, 11) is 5.24. The second-order valence-electron chi connectivity index (χ2n) is 9.25. The van der Waals surface area contributed by atoms with Gasteiger partial charge in [0.25, 0.3) is 5.91 Å². The molecule has 1 aromatic rings. The first-order chi connectivity index (χ1) is 15.8. The molecule has 0 unspecified atom stereocenters. The summed E-state index contributed by atoms with van der Waals surface area (Å²) in [5, 5.41) is 2.94. The zero-order valence-electron chi connectivity index (χ0n) is 19.5. The Kier molecular flexibility index (Phi) is 7.19. The van der Waals surface area contributed by atoms with Gasteiger partial charge in [-0.2, -0.15) is 0 Å². The molecule has 1 aromatic carbocycles. The average Bonchev–Trinajstić information content (AvgIpc) is 2.82. The van der Waals surface area contributed by atoms with Crippen molar-refractivity contribution in [3.05, 3.63) is 23.8 Å². The van der Waals surface area contributed by atoms with E-state index in [1.165, 1.54) is 0 Å². The van der Waals surface area contributed by atoms with Crippen LogP contribution in [0.2, 0.25) is 0 Å². The standard InChI is InChI=1S/C24H33N3O6/c1-26(2)22(28)13-17-5-6-19-21(33-17)14-32-20-7-4-16(12-18(20)24(30)27(19)3)25-23(29)15-8-10-31-11-9-15/h4,7,12,15,17,19,21H,5-6,8-11,13-14H2,1-3H3,(H,25,29)/t17-,19-,21+/m0/s1. The minimum absolute atomic E-state index is 0.0234. The molecule has 9 heteroatoms. The van der Waals surface area contributed by atoms with Crippen molar-refractivity contribution in [3.63, 3.8) is 0 Å². The van der Waals surface area contributed by atoms with Crippen LogP contribution in [0.1, 0.15) is 42.5 Å². The number of amides is 3. The lowest BCUT2D eigenvalue weighted by atomic mass is 9.94. The zero-order chi connectivity index (χ0) is 23.5. The number of nitrogens with zero attached hydrogens (tertiary/aromatic N) is 2. The highest BCUT2D eigenvalue weighted by Gasteiger charge is 2.39. The number of carbonyl (C=O) groups excluding carboxylic acids is 3. The fourth-order valence-corrected chi connectivity index (χ4v) is 4.69. The number of rotatable bonds is 4. The largest absolute Gasteiger partial charge is 0.490 e. The van der Waals surface area contributed by atoms with Crippen LogP contribution >= 0.6 is 0 Å². The van der Waals surface area contributed by atoms with Crippen LogP contribution in [0, 0.1) is 5.92 Å². The lowest BCUT2D eigenvalue weighted by Gasteiger charge is -2.42. The summed E-state index contributed by atoms with van der Waals surface area (Å²) in [5.74, 6) is 0.181. The van der Waals surface area contributed by atoms with Crippen molar-refractivity contribution in [1.82, 2.24) is 9.80 Å². The van der Waals surface area contributed by atoms with Crippen LogP contribution in [0.3, 0.4) is 0 Å². The van der Waals surface area contributed by atoms with Crippen LogP contribution in [0.15, 0.2) is 18.2 Å². The minimum Gasteiger partial charge on any atom is -0.490 e. The van der Waals surface area contributed by atoms with E-state index in [0.29, 0.717) is 55.9 Å². The van der Waals surface area contributed by atoms with Gasteiger partial charge in [0.15, 0.2) is 0 Å². The fourth-order valence-electron chi connectivity index (χ4n) is 4.69. The highest BCUT2D eigenvalue weighted by atomic mass is 16.5. The van der Waals surface area contributed by atoms with Gasteiger partial charge in [-0.25, -0.2) is 0 Å². The van der Waals surface area contributed by atoms with E-state index in [1.807, 2.05) is 0 Å². The van der Waals surface area contributed by atoms with E-state index in [0.717, 1.165) is 6.42 Å². The van der Waals surface area contributed by atoms with E-state index < -0.39 is 0 Å². The monoisotopic (exact) mass is 459 g/mol. The van der Waals surface area contributed by atoms with Gasteiger partial charge in [-0.1, -0.05) is 0 Å². The molecule has 0 spiro atoms. The molecule has 2 fully saturated rings. The van der Waals surface area contributed by atoms with Gasteiger partial charge in [0.2, 0.25) is 11.8 Å². The molecule has 0 aliphatic carbocycles. The second kappa shape index (κ2) is 10.1. The van der Waals surface area contributed by atoms with E-state index in [9.17, 15) is 14.4 Å². The summed E-state index contributed by atoms with van der Waals surface area (Å²) in [6.07, 6.45) is 2.66. The zero-order valence-corrected chi connectivity index (χ0v) is 19.5. The topological polar surface area (TPSA) is 97.4 Å². The Morgan fingerprint density at radius 1 is 1.15 bits per heavy atom. The van der Waals surface area contributed by atoms with Crippen molar-refractivity contribution in [2.45, 2.75) is 50.4 Å². The van der Waals surface area contributed by atoms with E-state index in [1.54, 1.807) is 49.1 Å². The summed E-state index contributed by atoms with van der Waals surface area (Å²) < 4.78 is 17.5.